The first-order chi connectivity index (χ1) is 8.54. The monoisotopic (exact) mass is 264 g/mol. The number of nitrogen functional groups attached to an aromatic ring is 1. The Morgan fingerprint density at radius 2 is 2.22 bits per heavy atom. The zero-order valence-corrected chi connectivity index (χ0v) is 9.77. The van der Waals surface area contributed by atoms with Crippen LogP contribution in [0.2, 0.25) is 0 Å². The molecule has 0 amide bonds. The van der Waals surface area contributed by atoms with E-state index in [9.17, 15) is 9.59 Å². The third kappa shape index (κ3) is 2.86. The summed E-state index contributed by atoms with van der Waals surface area (Å²) in [4.78, 5) is 32.3. The van der Waals surface area contributed by atoms with Crippen molar-refractivity contribution in [3.8, 4) is 0 Å². The molecule has 0 bridgehead atoms. The van der Waals surface area contributed by atoms with Crippen molar-refractivity contribution in [3.63, 3.8) is 0 Å². The quantitative estimate of drug-likeness (QED) is 0.693. The van der Waals surface area contributed by atoms with Crippen molar-refractivity contribution >= 4 is 23.5 Å². The van der Waals surface area contributed by atoms with Crippen LogP contribution >= 0.6 is 11.8 Å². The number of nitrogens with zero attached hydrogens (tertiary/aromatic N) is 2. The molecule has 8 heteroatoms. The smallest absolute Gasteiger partial charge is 0.335 e. The van der Waals surface area contributed by atoms with Crippen LogP contribution in [0, 0.1) is 0 Å². The second-order valence-electron chi connectivity index (χ2n) is 3.27. The zero-order chi connectivity index (χ0) is 13.1. The number of aromatic nitrogens is 3. The van der Waals surface area contributed by atoms with Gasteiger partial charge in [0.2, 0.25) is 0 Å². The predicted octanol–water partition coefficient (Wildman–Crippen LogP) is 0.596. The predicted molar refractivity (Wildman–Crippen MR) is 64.6 cm³/mol. The van der Waals surface area contributed by atoms with Gasteiger partial charge in [-0.05, 0) is 23.9 Å². The molecular formula is C10H8N4O3S. The zero-order valence-electron chi connectivity index (χ0n) is 8.95. The first-order valence-corrected chi connectivity index (χ1v) is 5.60. The molecule has 0 aliphatic heterocycles. The van der Waals surface area contributed by atoms with Crippen LogP contribution in [0.25, 0.3) is 0 Å². The second kappa shape index (κ2) is 4.88. The van der Waals surface area contributed by atoms with Crippen LogP contribution < -0.4 is 11.3 Å². The van der Waals surface area contributed by atoms with Crippen LogP contribution in [-0.4, -0.2) is 26.0 Å². The standard InChI is InChI=1S/C10H8N4O3S/c11-6-4-7(15)14-10(13-6)18-8-3-5(9(16)17)1-2-12-8/h1-4H,(H,16,17)(H3,11,13,14,15). The Kier molecular flexibility index (Phi) is 3.28. The lowest BCUT2D eigenvalue weighted by Gasteiger charge is -2.01. The number of H-pyrrole nitrogens is 1. The summed E-state index contributed by atoms with van der Waals surface area (Å²) in [5.41, 5.74) is 5.17. The lowest BCUT2D eigenvalue weighted by molar-refractivity contribution is 0.0696. The molecule has 0 radical (unpaired) electrons. The minimum Gasteiger partial charge on any atom is -0.478 e. The molecule has 0 spiro atoms. The largest absolute Gasteiger partial charge is 0.478 e. The Balaban J connectivity index is 2.31. The molecule has 4 N–H and O–H groups in total. The molecule has 2 rings (SSSR count). The van der Waals surface area contributed by atoms with Gasteiger partial charge in [-0.1, -0.05) is 0 Å². The molecule has 0 aliphatic rings. The van der Waals surface area contributed by atoms with E-state index in [0.717, 1.165) is 17.8 Å². The van der Waals surface area contributed by atoms with Gasteiger partial charge in [-0.25, -0.2) is 14.8 Å². The number of hydrogen-bond acceptors (Lipinski definition) is 6. The molecule has 0 saturated carbocycles. The minimum atomic E-state index is -1.05. The number of carboxylic acids is 1. The van der Waals surface area contributed by atoms with Gasteiger partial charge in [-0.2, -0.15) is 0 Å². The summed E-state index contributed by atoms with van der Waals surface area (Å²) in [6.07, 6.45) is 1.37. The topological polar surface area (TPSA) is 122 Å². The molecule has 92 valence electrons. The van der Waals surface area contributed by atoms with E-state index < -0.39 is 5.97 Å². The maximum Gasteiger partial charge on any atom is 0.335 e. The molecule has 0 unspecified atom stereocenters. The lowest BCUT2D eigenvalue weighted by Crippen LogP contribution is -2.09. The first-order valence-electron chi connectivity index (χ1n) is 4.78. The highest BCUT2D eigenvalue weighted by Gasteiger charge is 2.07. The average molecular weight is 264 g/mol. The Labute approximate surface area is 105 Å². The number of pyridine rings is 1. The van der Waals surface area contributed by atoms with Crippen molar-refractivity contribution in [1.29, 1.82) is 0 Å². The van der Waals surface area contributed by atoms with Crippen molar-refractivity contribution in [2.75, 3.05) is 5.73 Å². The van der Waals surface area contributed by atoms with E-state index in [1.165, 1.54) is 18.3 Å². The number of nitrogens with two attached hydrogens (primary N) is 1. The van der Waals surface area contributed by atoms with E-state index in [0.29, 0.717) is 5.03 Å². The molecule has 2 heterocycles. The van der Waals surface area contributed by atoms with E-state index >= 15 is 0 Å². The maximum atomic E-state index is 11.2. The van der Waals surface area contributed by atoms with Gasteiger partial charge in [0.15, 0.2) is 5.16 Å². The van der Waals surface area contributed by atoms with Gasteiger partial charge in [-0.15, -0.1) is 0 Å². The lowest BCUT2D eigenvalue weighted by atomic mass is 10.3. The fraction of sp³-hybridized carbons (Fsp3) is 0. The van der Waals surface area contributed by atoms with Crippen LogP contribution in [0.5, 0.6) is 0 Å². The van der Waals surface area contributed by atoms with Crippen LogP contribution in [0.15, 0.2) is 39.4 Å². The summed E-state index contributed by atoms with van der Waals surface area (Å²) in [6, 6.07) is 3.92. The maximum absolute atomic E-state index is 11.2. The molecule has 0 atom stereocenters. The molecule has 2 aromatic heterocycles. The molecular weight excluding hydrogens is 256 g/mol. The Morgan fingerprint density at radius 1 is 1.44 bits per heavy atom. The van der Waals surface area contributed by atoms with Crippen molar-refractivity contribution < 1.29 is 9.90 Å². The van der Waals surface area contributed by atoms with Gasteiger partial charge in [-0.3, -0.25) is 4.79 Å². The van der Waals surface area contributed by atoms with Gasteiger partial charge in [0.05, 0.1) is 5.56 Å². The van der Waals surface area contributed by atoms with E-state index in [2.05, 4.69) is 15.0 Å². The summed E-state index contributed by atoms with van der Waals surface area (Å²) in [7, 11) is 0. The Hall–Kier alpha value is -2.35. The van der Waals surface area contributed by atoms with E-state index in [-0.39, 0.29) is 22.1 Å². The van der Waals surface area contributed by atoms with Gasteiger partial charge in [0.1, 0.15) is 10.8 Å². The summed E-state index contributed by atoms with van der Waals surface area (Å²) in [6.45, 7) is 0. The highest BCUT2D eigenvalue weighted by molar-refractivity contribution is 7.99. The third-order valence-corrected chi connectivity index (χ3v) is 2.74. The highest BCUT2D eigenvalue weighted by Crippen LogP contribution is 2.22. The summed E-state index contributed by atoms with van der Waals surface area (Å²) in [5, 5.41) is 9.50. The highest BCUT2D eigenvalue weighted by atomic mass is 32.2. The van der Waals surface area contributed by atoms with Gasteiger partial charge >= 0.3 is 5.97 Å². The summed E-state index contributed by atoms with van der Waals surface area (Å²) >= 11 is 1.03. The van der Waals surface area contributed by atoms with Crippen molar-refractivity contribution in [1.82, 2.24) is 15.0 Å². The molecule has 0 aromatic carbocycles. The number of hydrogen-bond donors (Lipinski definition) is 3. The van der Waals surface area contributed by atoms with Crippen LogP contribution in [0.3, 0.4) is 0 Å². The van der Waals surface area contributed by atoms with Crippen LogP contribution in [0.4, 0.5) is 5.82 Å². The molecule has 0 fully saturated rings. The number of rotatable bonds is 3. The summed E-state index contributed by atoms with van der Waals surface area (Å²) in [5.74, 6) is -0.955. The molecule has 2 aromatic rings. The van der Waals surface area contributed by atoms with Crippen molar-refractivity contribution in [2.45, 2.75) is 10.2 Å². The first kappa shape index (κ1) is 12.1. The second-order valence-corrected chi connectivity index (χ2v) is 4.27. The third-order valence-electron chi connectivity index (χ3n) is 1.92. The number of aromatic carboxylic acids is 1. The summed E-state index contributed by atoms with van der Waals surface area (Å²) < 4.78 is 0. The van der Waals surface area contributed by atoms with E-state index in [1.54, 1.807) is 0 Å². The Morgan fingerprint density at radius 3 is 2.89 bits per heavy atom. The number of carbonyl (C=O) groups is 1. The number of aromatic amines is 1. The molecule has 7 nitrogen and oxygen atoms in total. The van der Waals surface area contributed by atoms with E-state index in [1.807, 2.05) is 0 Å². The SMILES string of the molecule is Nc1cc(=O)[nH]c(Sc2cc(C(=O)O)ccn2)n1. The fourth-order valence-corrected chi connectivity index (χ4v) is 2.00. The number of anilines is 1. The van der Waals surface area contributed by atoms with Gasteiger partial charge in [0, 0.05) is 12.3 Å². The van der Waals surface area contributed by atoms with Crippen LogP contribution in [0.1, 0.15) is 10.4 Å². The normalized spacial score (nSPS) is 10.2. The molecule has 0 saturated heterocycles. The minimum absolute atomic E-state index is 0.0932. The fourth-order valence-electron chi connectivity index (χ4n) is 1.20. The Bertz CT molecular complexity index is 656. The molecule has 0 aliphatic carbocycles. The van der Waals surface area contributed by atoms with E-state index in [4.69, 9.17) is 10.8 Å². The number of carboxylic acid groups (broad SMARTS) is 1. The van der Waals surface area contributed by atoms with Crippen molar-refractivity contribution in [3.05, 3.63) is 40.3 Å². The molecule has 18 heavy (non-hydrogen) atoms. The van der Waals surface area contributed by atoms with Crippen molar-refractivity contribution in [2.24, 2.45) is 0 Å². The van der Waals surface area contributed by atoms with Gasteiger partial charge < -0.3 is 15.8 Å². The number of nitrogens with one attached hydrogen (secondary N) is 1. The van der Waals surface area contributed by atoms with Crippen LogP contribution in [-0.2, 0) is 0 Å². The van der Waals surface area contributed by atoms with Gasteiger partial charge in [0.25, 0.3) is 5.56 Å². The average Bonchev–Trinajstić information content (AvgIpc) is 2.27.